The third kappa shape index (κ3) is 3.67. The van der Waals surface area contributed by atoms with Crippen LogP contribution in [0, 0.1) is 11.7 Å². The molecule has 0 amide bonds. The first kappa shape index (κ1) is 15.6. The maximum atomic E-state index is 13.4. The van der Waals surface area contributed by atoms with Gasteiger partial charge in [0.1, 0.15) is 5.82 Å². The van der Waals surface area contributed by atoms with E-state index in [1.54, 1.807) is 12.1 Å². The van der Waals surface area contributed by atoms with Gasteiger partial charge in [-0.2, -0.15) is 0 Å². The number of benzene rings is 1. The summed E-state index contributed by atoms with van der Waals surface area (Å²) in [5.74, 6) is -2.78. The molecule has 0 saturated heterocycles. The molecule has 1 nitrogen and oxygen atoms in total. The Morgan fingerprint density at radius 2 is 2.00 bits per heavy atom. The van der Waals surface area contributed by atoms with E-state index in [9.17, 15) is 13.2 Å². The lowest BCUT2D eigenvalue weighted by molar-refractivity contribution is -0.0492. The highest BCUT2D eigenvalue weighted by Crippen LogP contribution is 2.38. The molecule has 1 fully saturated rings. The van der Waals surface area contributed by atoms with E-state index in [0.717, 1.165) is 5.56 Å². The monoisotopic (exact) mass is 305 g/mol. The fourth-order valence-corrected chi connectivity index (χ4v) is 3.12. The highest BCUT2D eigenvalue weighted by molar-refractivity contribution is 6.31. The van der Waals surface area contributed by atoms with Crippen molar-refractivity contribution in [3.63, 3.8) is 0 Å². The van der Waals surface area contributed by atoms with Gasteiger partial charge in [0.15, 0.2) is 0 Å². The van der Waals surface area contributed by atoms with Gasteiger partial charge in [-0.15, -0.1) is 0 Å². The number of hydrogen-bond acceptors (Lipinski definition) is 1. The normalized spacial score (nSPS) is 20.9. The topological polar surface area (TPSA) is 12.0 Å². The molecule has 1 aliphatic carbocycles. The fraction of sp³-hybridized carbons (Fsp3) is 0.600. The lowest BCUT2D eigenvalue weighted by atomic mass is 9.80. The number of nitrogens with one attached hydrogen (secondary N) is 1. The van der Waals surface area contributed by atoms with Gasteiger partial charge in [0.05, 0.1) is 5.02 Å². The van der Waals surface area contributed by atoms with Gasteiger partial charge in [0.25, 0.3) is 0 Å². The van der Waals surface area contributed by atoms with Gasteiger partial charge < -0.3 is 5.32 Å². The second kappa shape index (κ2) is 6.35. The van der Waals surface area contributed by atoms with E-state index in [-0.39, 0.29) is 29.8 Å². The molecule has 0 aliphatic heterocycles. The van der Waals surface area contributed by atoms with Crippen molar-refractivity contribution in [2.45, 2.75) is 44.1 Å². The SMILES string of the molecule is CNC(Cc1cccc(F)c1Cl)C1CCC(F)(F)CC1. The smallest absolute Gasteiger partial charge is 0.248 e. The summed E-state index contributed by atoms with van der Waals surface area (Å²) < 4.78 is 39.8. The molecule has 2 rings (SSSR count). The van der Waals surface area contributed by atoms with Crippen molar-refractivity contribution >= 4 is 11.6 Å². The zero-order valence-electron chi connectivity index (χ0n) is 11.4. The Morgan fingerprint density at radius 3 is 2.60 bits per heavy atom. The molecule has 1 saturated carbocycles. The molecule has 0 radical (unpaired) electrons. The first-order valence-electron chi connectivity index (χ1n) is 6.91. The van der Waals surface area contributed by atoms with E-state index < -0.39 is 11.7 Å². The number of rotatable bonds is 4. The molecule has 1 N–H and O–H groups in total. The second-order valence-corrected chi connectivity index (χ2v) is 5.88. The molecule has 1 aromatic carbocycles. The van der Waals surface area contributed by atoms with Crippen LogP contribution in [-0.4, -0.2) is 19.0 Å². The summed E-state index contributed by atoms with van der Waals surface area (Å²) in [4.78, 5) is 0. The maximum absolute atomic E-state index is 13.4. The molecular formula is C15H19ClF3N. The van der Waals surface area contributed by atoms with Crippen molar-refractivity contribution in [3.05, 3.63) is 34.6 Å². The van der Waals surface area contributed by atoms with Crippen molar-refractivity contribution in [1.29, 1.82) is 0 Å². The van der Waals surface area contributed by atoms with E-state index in [1.165, 1.54) is 6.07 Å². The fourth-order valence-electron chi connectivity index (χ4n) is 2.91. The van der Waals surface area contributed by atoms with Crippen LogP contribution in [0.2, 0.25) is 5.02 Å². The van der Waals surface area contributed by atoms with Crippen LogP contribution in [0.1, 0.15) is 31.2 Å². The highest BCUT2D eigenvalue weighted by atomic mass is 35.5. The van der Waals surface area contributed by atoms with Crippen LogP contribution >= 0.6 is 11.6 Å². The van der Waals surface area contributed by atoms with Gasteiger partial charge in [-0.25, -0.2) is 13.2 Å². The summed E-state index contributed by atoms with van der Waals surface area (Å²) >= 11 is 5.96. The zero-order chi connectivity index (χ0) is 14.8. The Labute approximate surface area is 122 Å². The summed E-state index contributed by atoms with van der Waals surface area (Å²) in [5, 5.41) is 3.30. The Hall–Kier alpha value is -0.740. The Balaban J connectivity index is 2.04. The number of hydrogen-bond donors (Lipinski definition) is 1. The molecule has 20 heavy (non-hydrogen) atoms. The van der Waals surface area contributed by atoms with Gasteiger partial charge >= 0.3 is 0 Å². The van der Waals surface area contributed by atoms with E-state index in [1.807, 2.05) is 7.05 Å². The summed E-state index contributed by atoms with van der Waals surface area (Å²) in [7, 11) is 1.81. The predicted octanol–water partition coefficient (Wildman–Crippen LogP) is 4.44. The van der Waals surface area contributed by atoms with Crippen molar-refractivity contribution in [1.82, 2.24) is 5.32 Å². The Morgan fingerprint density at radius 1 is 1.35 bits per heavy atom. The van der Waals surface area contributed by atoms with Gasteiger partial charge in [-0.3, -0.25) is 0 Å². The Kier molecular flexibility index (Phi) is 4.97. The average Bonchev–Trinajstić information content (AvgIpc) is 2.41. The van der Waals surface area contributed by atoms with Crippen molar-refractivity contribution in [2.24, 2.45) is 5.92 Å². The van der Waals surface area contributed by atoms with Crippen molar-refractivity contribution in [3.8, 4) is 0 Å². The minimum absolute atomic E-state index is 0.0467. The molecule has 112 valence electrons. The minimum atomic E-state index is -2.52. The molecule has 0 heterocycles. The molecule has 1 aliphatic rings. The number of halogens is 4. The lowest BCUT2D eigenvalue weighted by Crippen LogP contribution is -2.39. The van der Waals surface area contributed by atoms with Crippen LogP contribution in [0.15, 0.2) is 18.2 Å². The van der Waals surface area contributed by atoms with Crippen molar-refractivity contribution < 1.29 is 13.2 Å². The van der Waals surface area contributed by atoms with Crippen molar-refractivity contribution in [2.75, 3.05) is 7.05 Å². The summed E-state index contributed by atoms with van der Waals surface area (Å²) in [6.07, 6.45) is 1.42. The molecular weight excluding hydrogens is 287 g/mol. The second-order valence-electron chi connectivity index (χ2n) is 5.51. The average molecular weight is 306 g/mol. The van der Waals surface area contributed by atoms with Crippen LogP contribution in [0.5, 0.6) is 0 Å². The molecule has 1 atom stereocenters. The van der Waals surface area contributed by atoms with Crippen LogP contribution in [0.3, 0.4) is 0 Å². The summed E-state index contributed by atoms with van der Waals surface area (Å²) in [5.41, 5.74) is 0.725. The van der Waals surface area contributed by atoms with Crippen LogP contribution < -0.4 is 5.32 Å². The molecule has 0 bridgehead atoms. The van der Waals surface area contributed by atoms with E-state index >= 15 is 0 Å². The Bertz CT molecular complexity index is 454. The lowest BCUT2D eigenvalue weighted by Gasteiger charge is -2.33. The van der Waals surface area contributed by atoms with E-state index in [0.29, 0.717) is 19.3 Å². The highest BCUT2D eigenvalue weighted by Gasteiger charge is 2.37. The predicted molar refractivity (Wildman–Crippen MR) is 74.9 cm³/mol. The zero-order valence-corrected chi connectivity index (χ0v) is 12.2. The quantitative estimate of drug-likeness (QED) is 0.867. The third-order valence-corrected chi connectivity index (χ3v) is 4.60. The molecule has 1 unspecified atom stereocenters. The maximum Gasteiger partial charge on any atom is 0.248 e. The van der Waals surface area contributed by atoms with E-state index in [2.05, 4.69) is 5.32 Å². The van der Waals surface area contributed by atoms with Crippen LogP contribution in [0.25, 0.3) is 0 Å². The first-order valence-corrected chi connectivity index (χ1v) is 7.29. The van der Waals surface area contributed by atoms with Gasteiger partial charge in [0, 0.05) is 18.9 Å². The summed E-state index contributed by atoms with van der Waals surface area (Å²) in [6.45, 7) is 0. The molecule has 5 heteroatoms. The van der Waals surface area contributed by atoms with Crippen LogP contribution in [-0.2, 0) is 6.42 Å². The molecule has 0 aromatic heterocycles. The minimum Gasteiger partial charge on any atom is -0.316 e. The van der Waals surface area contributed by atoms with Gasteiger partial charge in [-0.1, -0.05) is 23.7 Å². The van der Waals surface area contributed by atoms with Gasteiger partial charge in [0.2, 0.25) is 5.92 Å². The third-order valence-electron chi connectivity index (χ3n) is 4.17. The molecule has 0 spiro atoms. The first-order chi connectivity index (χ1) is 9.43. The molecule has 1 aromatic rings. The van der Waals surface area contributed by atoms with Crippen LogP contribution in [0.4, 0.5) is 13.2 Å². The summed E-state index contributed by atoms with van der Waals surface area (Å²) in [6, 6.07) is 4.78. The van der Waals surface area contributed by atoms with E-state index in [4.69, 9.17) is 11.6 Å². The van der Waals surface area contributed by atoms with Gasteiger partial charge in [-0.05, 0) is 43.9 Å². The largest absolute Gasteiger partial charge is 0.316 e. The number of alkyl halides is 2. The number of likely N-dealkylation sites (N-methyl/N-ethyl adjacent to an activating group) is 1. The standard InChI is InChI=1S/C15H19ClF3N/c1-20-13(10-5-7-15(18,19)8-6-10)9-11-3-2-4-12(17)14(11)16/h2-4,10,13,20H,5-9H2,1H3.